The molecule has 0 aliphatic heterocycles. The largest absolute Gasteiger partial charge is 0.351 e. The van der Waals surface area contributed by atoms with Crippen LogP contribution in [0.3, 0.4) is 0 Å². The molecule has 0 saturated heterocycles. The molecular formula is C15H17FN4O2. The van der Waals surface area contributed by atoms with Gasteiger partial charge in [0, 0.05) is 26.2 Å². The Hall–Kier alpha value is -2.70. The van der Waals surface area contributed by atoms with E-state index in [4.69, 9.17) is 0 Å². The number of rotatable bonds is 6. The molecule has 2 amide bonds. The fourth-order valence-corrected chi connectivity index (χ4v) is 1.93. The lowest BCUT2D eigenvalue weighted by atomic mass is 10.2. The molecule has 2 N–H and O–H groups in total. The highest BCUT2D eigenvalue weighted by molar-refractivity contribution is 5.94. The van der Waals surface area contributed by atoms with Crippen LogP contribution in [-0.2, 0) is 11.3 Å². The van der Waals surface area contributed by atoms with Crippen molar-refractivity contribution in [1.29, 1.82) is 0 Å². The van der Waals surface area contributed by atoms with Gasteiger partial charge in [0.1, 0.15) is 5.82 Å². The van der Waals surface area contributed by atoms with Crippen LogP contribution < -0.4 is 5.32 Å². The maximum Gasteiger partial charge on any atom is 0.254 e. The van der Waals surface area contributed by atoms with Crippen LogP contribution >= 0.6 is 0 Å². The van der Waals surface area contributed by atoms with Crippen LogP contribution in [0.5, 0.6) is 0 Å². The van der Waals surface area contributed by atoms with Gasteiger partial charge in [-0.15, -0.1) is 0 Å². The number of nitrogens with zero attached hydrogens (tertiary/aromatic N) is 2. The number of amides is 2. The molecule has 0 fully saturated rings. The third kappa shape index (κ3) is 4.15. The number of nitrogens with one attached hydrogen (secondary N) is 2. The third-order valence-corrected chi connectivity index (χ3v) is 3.13. The normalized spacial score (nSPS) is 10.3. The Morgan fingerprint density at radius 3 is 2.77 bits per heavy atom. The van der Waals surface area contributed by atoms with Crippen molar-refractivity contribution in [3.8, 4) is 0 Å². The molecule has 116 valence electrons. The number of hydrogen-bond acceptors (Lipinski definition) is 3. The van der Waals surface area contributed by atoms with Gasteiger partial charge in [-0.2, -0.15) is 5.10 Å². The second-order valence-electron chi connectivity index (χ2n) is 4.82. The minimum absolute atomic E-state index is 0.0271. The SMILES string of the molecule is CN(Cc1ccn[nH]1)C(=O)CCNC(=O)c1ccccc1F. The van der Waals surface area contributed by atoms with Gasteiger partial charge in [0.05, 0.1) is 17.8 Å². The molecule has 0 atom stereocenters. The molecule has 0 spiro atoms. The molecule has 1 aromatic heterocycles. The lowest BCUT2D eigenvalue weighted by Gasteiger charge is -2.16. The average molecular weight is 304 g/mol. The highest BCUT2D eigenvalue weighted by Gasteiger charge is 2.13. The minimum atomic E-state index is -0.581. The van der Waals surface area contributed by atoms with Gasteiger partial charge in [-0.1, -0.05) is 12.1 Å². The summed E-state index contributed by atoms with van der Waals surface area (Å²) in [4.78, 5) is 25.2. The Morgan fingerprint density at radius 1 is 1.32 bits per heavy atom. The molecule has 7 heteroatoms. The van der Waals surface area contributed by atoms with Gasteiger partial charge in [-0.25, -0.2) is 4.39 Å². The average Bonchev–Trinajstić information content (AvgIpc) is 3.00. The number of H-pyrrole nitrogens is 1. The Kier molecular flexibility index (Phi) is 5.24. The maximum absolute atomic E-state index is 13.4. The van der Waals surface area contributed by atoms with Crippen molar-refractivity contribution in [3.05, 3.63) is 53.6 Å². The van der Waals surface area contributed by atoms with Crippen molar-refractivity contribution in [3.63, 3.8) is 0 Å². The second-order valence-corrected chi connectivity index (χ2v) is 4.82. The monoisotopic (exact) mass is 304 g/mol. The van der Waals surface area contributed by atoms with E-state index >= 15 is 0 Å². The molecule has 0 aliphatic carbocycles. The summed E-state index contributed by atoms with van der Waals surface area (Å²) in [6.45, 7) is 0.569. The molecule has 0 radical (unpaired) electrons. The molecule has 0 saturated carbocycles. The van der Waals surface area contributed by atoms with Crippen LogP contribution in [0.2, 0.25) is 0 Å². The van der Waals surface area contributed by atoms with E-state index in [1.165, 1.54) is 23.1 Å². The highest BCUT2D eigenvalue weighted by Crippen LogP contribution is 2.06. The smallest absolute Gasteiger partial charge is 0.254 e. The first-order chi connectivity index (χ1) is 10.6. The minimum Gasteiger partial charge on any atom is -0.351 e. The molecule has 2 aromatic rings. The van der Waals surface area contributed by atoms with Gasteiger partial charge in [0.25, 0.3) is 5.91 Å². The highest BCUT2D eigenvalue weighted by atomic mass is 19.1. The molecule has 1 heterocycles. The first kappa shape index (κ1) is 15.7. The van der Waals surface area contributed by atoms with E-state index in [2.05, 4.69) is 15.5 Å². The van der Waals surface area contributed by atoms with Crippen molar-refractivity contribution in [1.82, 2.24) is 20.4 Å². The van der Waals surface area contributed by atoms with Crippen LogP contribution in [0.15, 0.2) is 36.5 Å². The summed E-state index contributed by atoms with van der Waals surface area (Å²) < 4.78 is 13.4. The lowest BCUT2D eigenvalue weighted by Crippen LogP contribution is -2.32. The fraction of sp³-hybridized carbons (Fsp3) is 0.267. The van der Waals surface area contributed by atoms with Crippen molar-refractivity contribution in [2.75, 3.05) is 13.6 Å². The third-order valence-electron chi connectivity index (χ3n) is 3.13. The summed E-state index contributed by atoms with van der Waals surface area (Å²) in [5, 5.41) is 9.11. The van der Waals surface area contributed by atoms with Gasteiger partial charge in [0.15, 0.2) is 0 Å². The molecule has 2 rings (SSSR count). The zero-order valence-electron chi connectivity index (χ0n) is 12.2. The topological polar surface area (TPSA) is 78.1 Å². The van der Waals surface area contributed by atoms with Crippen LogP contribution in [-0.4, -0.2) is 40.5 Å². The Labute approximate surface area is 127 Å². The number of benzene rings is 1. The summed E-state index contributed by atoms with van der Waals surface area (Å²) >= 11 is 0. The Balaban J connectivity index is 1.77. The van der Waals surface area contributed by atoms with Gasteiger partial charge >= 0.3 is 0 Å². The van der Waals surface area contributed by atoms with Crippen LogP contribution in [0.1, 0.15) is 22.5 Å². The standard InChI is InChI=1S/C15H17FN4O2/c1-20(10-11-6-9-18-19-11)14(21)7-8-17-15(22)12-4-2-3-5-13(12)16/h2-6,9H,7-8,10H2,1H3,(H,17,22)(H,18,19). The predicted octanol–water partition coefficient (Wildman–Crippen LogP) is 1.33. The van der Waals surface area contributed by atoms with Crippen LogP contribution in [0.25, 0.3) is 0 Å². The maximum atomic E-state index is 13.4. The summed E-state index contributed by atoms with van der Waals surface area (Å²) in [6.07, 6.45) is 1.76. The van der Waals surface area contributed by atoms with E-state index in [9.17, 15) is 14.0 Å². The quantitative estimate of drug-likeness (QED) is 0.845. The van der Waals surface area contributed by atoms with E-state index < -0.39 is 11.7 Å². The Bertz CT molecular complexity index is 643. The summed E-state index contributed by atoms with van der Waals surface area (Å²) in [5.74, 6) is -1.23. The molecule has 0 aliphatic rings. The van der Waals surface area contributed by atoms with Crippen molar-refractivity contribution in [2.24, 2.45) is 0 Å². The van der Waals surface area contributed by atoms with Gasteiger partial charge in [0.2, 0.25) is 5.91 Å². The fourth-order valence-electron chi connectivity index (χ4n) is 1.93. The molecular weight excluding hydrogens is 287 g/mol. The number of aromatic nitrogens is 2. The van der Waals surface area contributed by atoms with Gasteiger partial charge in [-0.3, -0.25) is 14.7 Å². The number of hydrogen-bond donors (Lipinski definition) is 2. The second kappa shape index (κ2) is 7.35. The number of carbonyl (C=O) groups excluding carboxylic acids is 2. The summed E-state index contributed by atoms with van der Waals surface area (Å²) in [7, 11) is 1.67. The van der Waals surface area contributed by atoms with E-state index in [0.717, 1.165) is 5.69 Å². The van der Waals surface area contributed by atoms with E-state index in [0.29, 0.717) is 6.54 Å². The number of aromatic amines is 1. The zero-order valence-corrected chi connectivity index (χ0v) is 12.2. The van der Waals surface area contributed by atoms with Crippen molar-refractivity contribution < 1.29 is 14.0 Å². The Morgan fingerprint density at radius 2 is 2.09 bits per heavy atom. The van der Waals surface area contributed by atoms with Gasteiger partial charge in [-0.05, 0) is 18.2 Å². The van der Waals surface area contributed by atoms with Crippen LogP contribution in [0, 0.1) is 5.82 Å². The van der Waals surface area contributed by atoms with Crippen molar-refractivity contribution in [2.45, 2.75) is 13.0 Å². The molecule has 1 aromatic carbocycles. The molecule has 6 nitrogen and oxygen atoms in total. The van der Waals surface area contributed by atoms with E-state index in [1.807, 2.05) is 0 Å². The first-order valence-electron chi connectivity index (χ1n) is 6.83. The summed E-state index contributed by atoms with van der Waals surface area (Å²) in [5.41, 5.74) is 0.798. The van der Waals surface area contributed by atoms with E-state index in [1.54, 1.807) is 25.4 Å². The molecule has 22 heavy (non-hydrogen) atoms. The zero-order chi connectivity index (χ0) is 15.9. The van der Waals surface area contributed by atoms with Crippen LogP contribution in [0.4, 0.5) is 4.39 Å². The van der Waals surface area contributed by atoms with Gasteiger partial charge < -0.3 is 10.2 Å². The molecule has 0 bridgehead atoms. The summed E-state index contributed by atoms with van der Waals surface area (Å²) in [6, 6.07) is 7.50. The number of halogens is 1. The first-order valence-corrected chi connectivity index (χ1v) is 6.83. The lowest BCUT2D eigenvalue weighted by molar-refractivity contribution is -0.130. The van der Waals surface area contributed by atoms with Crippen molar-refractivity contribution >= 4 is 11.8 Å². The predicted molar refractivity (Wildman–Crippen MR) is 78.4 cm³/mol. The number of carbonyl (C=O) groups is 2. The molecule has 0 unspecified atom stereocenters. The van der Waals surface area contributed by atoms with E-state index in [-0.39, 0.29) is 24.4 Å².